The minimum absolute atomic E-state index is 0.0172. The molecule has 0 aliphatic carbocycles. The van der Waals surface area contributed by atoms with E-state index in [4.69, 9.17) is 0 Å². The second kappa shape index (κ2) is 6.00. The maximum atomic E-state index is 11.7. The number of rotatable bonds is 4. The molecular weight excluding hydrogens is 238 g/mol. The monoisotopic (exact) mass is 261 g/mol. The van der Waals surface area contributed by atoms with E-state index < -0.39 is 0 Å². The van der Waals surface area contributed by atoms with Gasteiger partial charge < -0.3 is 5.32 Å². The highest BCUT2D eigenvalue weighted by Gasteiger charge is 2.20. The summed E-state index contributed by atoms with van der Waals surface area (Å²) >= 11 is 0. The summed E-state index contributed by atoms with van der Waals surface area (Å²) in [5.74, 6) is 0.0560. The molecule has 0 saturated carbocycles. The minimum Gasteiger partial charge on any atom is -0.326 e. The predicted octanol–water partition coefficient (Wildman–Crippen LogP) is 3.93. The fourth-order valence-electron chi connectivity index (χ4n) is 1.93. The Morgan fingerprint density at radius 2 is 1.84 bits per heavy atom. The maximum absolute atomic E-state index is 11.7. The van der Waals surface area contributed by atoms with Crippen LogP contribution in [0.25, 0.3) is 0 Å². The van der Waals surface area contributed by atoms with Crippen LogP contribution < -0.4 is 5.32 Å². The summed E-state index contributed by atoms with van der Waals surface area (Å²) in [7, 11) is 0. The zero-order chi connectivity index (χ0) is 14.6. The lowest BCUT2D eigenvalue weighted by Crippen LogP contribution is -2.19. The average molecular weight is 261 g/mol. The molecule has 0 saturated heterocycles. The standard InChI is InChI=1S/C16H23NO2/c1-6-7-15(19)17-14-9-8-12(11(2)18)10-13(14)16(3,4)5/h8-10H,6-7H2,1-5H3,(H,17,19). The van der Waals surface area contributed by atoms with Crippen molar-refractivity contribution < 1.29 is 9.59 Å². The van der Waals surface area contributed by atoms with Gasteiger partial charge in [0.25, 0.3) is 0 Å². The molecule has 1 aromatic rings. The van der Waals surface area contributed by atoms with E-state index in [1.54, 1.807) is 13.0 Å². The van der Waals surface area contributed by atoms with Crippen molar-refractivity contribution >= 4 is 17.4 Å². The first-order valence-corrected chi connectivity index (χ1v) is 6.71. The number of carbonyl (C=O) groups is 2. The molecule has 3 nitrogen and oxygen atoms in total. The van der Waals surface area contributed by atoms with Crippen LogP contribution >= 0.6 is 0 Å². The molecule has 1 N–H and O–H groups in total. The molecule has 1 rings (SSSR count). The van der Waals surface area contributed by atoms with Gasteiger partial charge in [-0.2, -0.15) is 0 Å². The van der Waals surface area contributed by atoms with Gasteiger partial charge in [0.05, 0.1) is 0 Å². The van der Waals surface area contributed by atoms with Crippen molar-refractivity contribution in [1.82, 2.24) is 0 Å². The number of anilines is 1. The van der Waals surface area contributed by atoms with Crippen molar-refractivity contribution in [2.24, 2.45) is 0 Å². The van der Waals surface area contributed by atoms with Gasteiger partial charge in [-0.15, -0.1) is 0 Å². The minimum atomic E-state index is -0.125. The molecule has 0 atom stereocenters. The highest BCUT2D eigenvalue weighted by molar-refractivity contribution is 5.96. The lowest BCUT2D eigenvalue weighted by molar-refractivity contribution is -0.116. The molecule has 0 unspecified atom stereocenters. The third-order valence-electron chi connectivity index (χ3n) is 2.99. The highest BCUT2D eigenvalue weighted by Crippen LogP contribution is 2.30. The Bertz CT molecular complexity index is 484. The second-order valence-corrected chi connectivity index (χ2v) is 5.86. The molecule has 0 fully saturated rings. The summed E-state index contributed by atoms with van der Waals surface area (Å²) in [6, 6.07) is 5.47. The SMILES string of the molecule is CCCC(=O)Nc1ccc(C(C)=O)cc1C(C)(C)C. The van der Waals surface area contributed by atoms with E-state index in [1.807, 2.05) is 19.1 Å². The van der Waals surface area contributed by atoms with Gasteiger partial charge in [-0.3, -0.25) is 9.59 Å². The van der Waals surface area contributed by atoms with Crippen LogP contribution in [0.3, 0.4) is 0 Å². The van der Waals surface area contributed by atoms with Crippen LogP contribution in [0, 0.1) is 0 Å². The van der Waals surface area contributed by atoms with Gasteiger partial charge in [-0.05, 0) is 42.5 Å². The van der Waals surface area contributed by atoms with Crippen LogP contribution in [0.2, 0.25) is 0 Å². The van der Waals surface area contributed by atoms with Crippen LogP contribution in [-0.2, 0) is 10.2 Å². The van der Waals surface area contributed by atoms with E-state index in [2.05, 4.69) is 26.1 Å². The van der Waals surface area contributed by atoms with E-state index >= 15 is 0 Å². The van der Waals surface area contributed by atoms with E-state index in [-0.39, 0.29) is 17.1 Å². The van der Waals surface area contributed by atoms with Gasteiger partial charge in [0.15, 0.2) is 5.78 Å². The number of ketones is 1. The molecule has 0 aliphatic rings. The largest absolute Gasteiger partial charge is 0.326 e. The van der Waals surface area contributed by atoms with Crippen LogP contribution in [-0.4, -0.2) is 11.7 Å². The molecule has 1 aromatic carbocycles. The average Bonchev–Trinajstić information content (AvgIpc) is 2.27. The molecule has 0 aromatic heterocycles. The number of amides is 1. The number of benzene rings is 1. The number of hydrogen-bond donors (Lipinski definition) is 1. The van der Waals surface area contributed by atoms with Gasteiger partial charge in [0, 0.05) is 17.7 Å². The lowest BCUT2D eigenvalue weighted by atomic mass is 9.84. The summed E-state index contributed by atoms with van der Waals surface area (Å²) in [6.45, 7) is 9.74. The van der Waals surface area contributed by atoms with Crippen LogP contribution in [0.5, 0.6) is 0 Å². The molecular formula is C16H23NO2. The quantitative estimate of drug-likeness (QED) is 0.835. The number of carbonyl (C=O) groups excluding carboxylic acids is 2. The number of nitrogens with one attached hydrogen (secondary N) is 1. The topological polar surface area (TPSA) is 46.2 Å². The Morgan fingerprint density at radius 1 is 1.21 bits per heavy atom. The fourth-order valence-corrected chi connectivity index (χ4v) is 1.93. The number of Topliss-reactive ketones (excluding diaryl/α,β-unsaturated/α-hetero) is 1. The Hall–Kier alpha value is -1.64. The Balaban J connectivity index is 3.17. The van der Waals surface area contributed by atoms with E-state index in [0.717, 1.165) is 17.7 Å². The Labute approximate surface area is 115 Å². The highest BCUT2D eigenvalue weighted by atomic mass is 16.1. The molecule has 0 spiro atoms. The lowest BCUT2D eigenvalue weighted by Gasteiger charge is -2.23. The smallest absolute Gasteiger partial charge is 0.224 e. The second-order valence-electron chi connectivity index (χ2n) is 5.86. The van der Waals surface area contributed by atoms with Crippen LogP contribution in [0.1, 0.15) is 63.4 Å². The summed E-state index contributed by atoms with van der Waals surface area (Å²) in [6.07, 6.45) is 1.33. The third kappa shape index (κ3) is 4.19. The third-order valence-corrected chi connectivity index (χ3v) is 2.99. The first kappa shape index (κ1) is 15.4. The zero-order valence-corrected chi connectivity index (χ0v) is 12.5. The Kier molecular flexibility index (Phi) is 4.87. The van der Waals surface area contributed by atoms with Crippen molar-refractivity contribution in [3.05, 3.63) is 29.3 Å². The van der Waals surface area contributed by atoms with Crippen molar-refractivity contribution in [3.8, 4) is 0 Å². The zero-order valence-electron chi connectivity index (χ0n) is 12.5. The van der Waals surface area contributed by atoms with Crippen LogP contribution in [0.4, 0.5) is 5.69 Å². The predicted molar refractivity (Wildman–Crippen MR) is 78.7 cm³/mol. The van der Waals surface area contributed by atoms with Gasteiger partial charge in [-0.1, -0.05) is 27.7 Å². The summed E-state index contributed by atoms with van der Waals surface area (Å²) in [5.41, 5.74) is 2.35. The summed E-state index contributed by atoms with van der Waals surface area (Å²) in [4.78, 5) is 23.2. The molecule has 0 heterocycles. The van der Waals surface area contributed by atoms with Crippen molar-refractivity contribution in [2.45, 2.75) is 52.9 Å². The van der Waals surface area contributed by atoms with Crippen molar-refractivity contribution in [2.75, 3.05) is 5.32 Å². The van der Waals surface area contributed by atoms with Crippen LogP contribution in [0.15, 0.2) is 18.2 Å². The van der Waals surface area contributed by atoms with Gasteiger partial charge in [0.2, 0.25) is 5.91 Å². The Morgan fingerprint density at radius 3 is 2.32 bits per heavy atom. The van der Waals surface area contributed by atoms with E-state index in [0.29, 0.717) is 12.0 Å². The molecule has 3 heteroatoms. The van der Waals surface area contributed by atoms with Gasteiger partial charge in [0.1, 0.15) is 0 Å². The van der Waals surface area contributed by atoms with Gasteiger partial charge in [-0.25, -0.2) is 0 Å². The van der Waals surface area contributed by atoms with E-state index in [1.165, 1.54) is 0 Å². The molecule has 19 heavy (non-hydrogen) atoms. The number of hydrogen-bond acceptors (Lipinski definition) is 2. The molecule has 0 aliphatic heterocycles. The summed E-state index contributed by atoms with van der Waals surface area (Å²) in [5, 5.41) is 2.93. The first-order chi connectivity index (χ1) is 8.75. The normalized spacial score (nSPS) is 11.2. The summed E-state index contributed by atoms with van der Waals surface area (Å²) < 4.78 is 0. The van der Waals surface area contributed by atoms with Crippen molar-refractivity contribution in [3.63, 3.8) is 0 Å². The maximum Gasteiger partial charge on any atom is 0.224 e. The van der Waals surface area contributed by atoms with Crippen molar-refractivity contribution in [1.29, 1.82) is 0 Å². The molecule has 1 amide bonds. The first-order valence-electron chi connectivity index (χ1n) is 6.71. The fraction of sp³-hybridized carbons (Fsp3) is 0.500. The van der Waals surface area contributed by atoms with Gasteiger partial charge >= 0.3 is 0 Å². The van der Waals surface area contributed by atoms with E-state index in [9.17, 15) is 9.59 Å². The molecule has 104 valence electrons. The molecule has 0 radical (unpaired) electrons. The molecule has 0 bridgehead atoms.